The number of ether oxygens (including phenoxy) is 1. The van der Waals surface area contributed by atoms with Gasteiger partial charge in [-0.3, -0.25) is 10.00 Å². The van der Waals surface area contributed by atoms with Gasteiger partial charge >= 0.3 is 0 Å². The van der Waals surface area contributed by atoms with Gasteiger partial charge in [0.1, 0.15) is 11.4 Å². The number of aromatic nitrogens is 4. The minimum atomic E-state index is 0.297. The second-order valence-electron chi connectivity index (χ2n) is 8.79. The number of aromatic amines is 2. The highest BCUT2D eigenvalue weighted by atomic mass is 16.5. The zero-order chi connectivity index (χ0) is 23.5. The van der Waals surface area contributed by atoms with Gasteiger partial charge in [0.2, 0.25) is 0 Å². The van der Waals surface area contributed by atoms with E-state index in [-0.39, 0.29) is 0 Å². The molecule has 34 heavy (non-hydrogen) atoms. The molecule has 2 aromatic heterocycles. The Kier molecular flexibility index (Phi) is 6.47. The number of benzene rings is 2. The average molecular weight is 458 g/mol. The lowest BCUT2D eigenvalue weighted by atomic mass is 9.97. The molecule has 0 amide bonds. The summed E-state index contributed by atoms with van der Waals surface area (Å²) in [6, 6.07) is 11.9. The molecule has 3 N–H and O–H groups in total. The molecule has 2 aromatic carbocycles. The summed E-state index contributed by atoms with van der Waals surface area (Å²) >= 11 is 0. The summed E-state index contributed by atoms with van der Waals surface area (Å²) in [7, 11) is 1.75. The second kappa shape index (κ2) is 9.83. The number of methoxy groups -OCH3 is 1. The van der Waals surface area contributed by atoms with Crippen LogP contribution in [0.5, 0.6) is 5.75 Å². The Morgan fingerprint density at radius 2 is 2.09 bits per heavy atom. The van der Waals surface area contributed by atoms with E-state index < -0.39 is 0 Å². The first-order valence-electron chi connectivity index (χ1n) is 11.9. The van der Waals surface area contributed by atoms with Gasteiger partial charge in [-0.2, -0.15) is 5.10 Å². The first-order valence-corrected chi connectivity index (χ1v) is 11.9. The summed E-state index contributed by atoms with van der Waals surface area (Å²) in [5, 5.41) is 18.6. The van der Waals surface area contributed by atoms with Gasteiger partial charge in [0, 0.05) is 44.9 Å². The number of aryl methyl sites for hydroxylation is 1. The number of imidazole rings is 1. The number of fused-ring (bicyclic) bond motifs is 1. The third-order valence-corrected chi connectivity index (χ3v) is 6.59. The summed E-state index contributed by atoms with van der Waals surface area (Å²) in [5.74, 6) is 1.07. The van der Waals surface area contributed by atoms with Crippen molar-refractivity contribution in [3.8, 4) is 28.4 Å². The predicted molar refractivity (Wildman–Crippen MR) is 136 cm³/mol. The molecule has 3 heterocycles. The van der Waals surface area contributed by atoms with E-state index in [9.17, 15) is 5.11 Å². The Balaban J connectivity index is 1.36. The molecule has 0 atom stereocenters. The molecule has 1 aliphatic rings. The van der Waals surface area contributed by atoms with E-state index in [1.807, 2.05) is 18.3 Å². The maximum Gasteiger partial charge on any atom is 0.159 e. The highest BCUT2D eigenvalue weighted by Crippen LogP contribution is 2.32. The number of H-pyrrole nitrogens is 2. The van der Waals surface area contributed by atoms with Crippen molar-refractivity contribution in [2.45, 2.75) is 26.2 Å². The molecule has 7 nitrogen and oxygen atoms in total. The molecule has 0 saturated carbocycles. The number of nitrogens with zero attached hydrogens (tertiary/aromatic N) is 3. The van der Waals surface area contributed by atoms with E-state index in [4.69, 9.17) is 9.72 Å². The van der Waals surface area contributed by atoms with Crippen molar-refractivity contribution >= 4 is 16.5 Å². The lowest BCUT2D eigenvalue weighted by molar-refractivity contribution is 0.175. The monoisotopic (exact) mass is 457 g/mol. The van der Waals surface area contributed by atoms with Crippen molar-refractivity contribution in [3.63, 3.8) is 0 Å². The smallest absolute Gasteiger partial charge is 0.159 e. The zero-order valence-corrected chi connectivity index (χ0v) is 19.8. The molecule has 1 aliphatic heterocycles. The van der Waals surface area contributed by atoms with E-state index in [0.717, 1.165) is 90.3 Å². The maximum atomic E-state index is 9.83. The topological polar surface area (TPSA) is 90.1 Å². The van der Waals surface area contributed by atoms with Gasteiger partial charge in [-0.25, -0.2) is 4.98 Å². The van der Waals surface area contributed by atoms with Gasteiger partial charge < -0.3 is 14.8 Å². The molecule has 0 spiro atoms. The van der Waals surface area contributed by atoms with Gasteiger partial charge in [0.25, 0.3) is 0 Å². The Morgan fingerprint density at radius 1 is 1.18 bits per heavy atom. The van der Waals surface area contributed by atoms with Gasteiger partial charge in [-0.15, -0.1) is 0 Å². The van der Waals surface area contributed by atoms with Gasteiger partial charge in [0.05, 0.1) is 11.2 Å². The Morgan fingerprint density at radius 3 is 2.88 bits per heavy atom. The van der Waals surface area contributed by atoms with Crippen molar-refractivity contribution in [1.29, 1.82) is 0 Å². The molecule has 176 valence electrons. The van der Waals surface area contributed by atoms with Crippen LogP contribution in [0.4, 0.5) is 0 Å². The number of rotatable bonds is 8. The summed E-state index contributed by atoms with van der Waals surface area (Å²) in [6.07, 6.45) is 7.18. The van der Waals surface area contributed by atoms with E-state index >= 15 is 0 Å². The third kappa shape index (κ3) is 4.49. The molecular weight excluding hydrogens is 426 g/mol. The van der Waals surface area contributed by atoms with E-state index in [1.165, 1.54) is 5.57 Å². The van der Waals surface area contributed by atoms with Crippen molar-refractivity contribution in [2.75, 3.05) is 33.4 Å². The minimum Gasteiger partial charge on any atom is -0.508 e. The molecule has 0 fully saturated rings. The molecule has 0 saturated heterocycles. The first-order chi connectivity index (χ1) is 16.7. The van der Waals surface area contributed by atoms with Crippen molar-refractivity contribution in [1.82, 2.24) is 25.1 Å². The number of nitrogens with one attached hydrogen (secondary N) is 2. The van der Waals surface area contributed by atoms with Crippen LogP contribution in [0.3, 0.4) is 0 Å². The molecule has 4 aromatic rings. The fourth-order valence-electron chi connectivity index (χ4n) is 4.71. The van der Waals surface area contributed by atoms with E-state index in [0.29, 0.717) is 5.75 Å². The van der Waals surface area contributed by atoms with Gasteiger partial charge in [-0.1, -0.05) is 25.1 Å². The zero-order valence-electron chi connectivity index (χ0n) is 19.8. The van der Waals surface area contributed by atoms with Crippen molar-refractivity contribution in [2.24, 2.45) is 0 Å². The predicted octanol–water partition coefficient (Wildman–Crippen LogP) is 5.01. The van der Waals surface area contributed by atoms with Crippen LogP contribution in [-0.2, 0) is 11.2 Å². The summed E-state index contributed by atoms with van der Waals surface area (Å²) < 4.78 is 5.16. The Labute approximate surface area is 199 Å². The second-order valence-corrected chi connectivity index (χ2v) is 8.79. The van der Waals surface area contributed by atoms with Crippen molar-refractivity contribution in [3.05, 3.63) is 59.9 Å². The Bertz CT molecular complexity index is 1320. The molecule has 7 heteroatoms. The van der Waals surface area contributed by atoms with Crippen LogP contribution in [0.25, 0.3) is 39.1 Å². The standard InChI is InChI=1S/C27H31N5O2/c1-3-18-15-21(33)6-8-22(18)20-5-7-23-24(16-20)30-31-26(23)27-28-17-25(29-27)19-9-12-32(13-10-19)11-4-14-34-2/h5-9,15-17,33H,3-4,10-14H2,1-2H3,(H,28,29)(H,30,31). The average Bonchev–Trinajstić information content (AvgIpc) is 3.51. The minimum absolute atomic E-state index is 0.297. The van der Waals surface area contributed by atoms with Crippen LogP contribution in [0.1, 0.15) is 31.0 Å². The van der Waals surface area contributed by atoms with Crippen LogP contribution in [0.15, 0.2) is 48.7 Å². The summed E-state index contributed by atoms with van der Waals surface area (Å²) in [5.41, 5.74) is 7.41. The number of aromatic hydroxyl groups is 1. The lowest BCUT2D eigenvalue weighted by Crippen LogP contribution is -2.30. The third-order valence-electron chi connectivity index (χ3n) is 6.59. The fraction of sp³-hybridized carbons (Fsp3) is 0.333. The largest absolute Gasteiger partial charge is 0.508 e. The quantitative estimate of drug-likeness (QED) is 0.324. The first kappa shape index (κ1) is 22.4. The summed E-state index contributed by atoms with van der Waals surface area (Å²) in [4.78, 5) is 10.7. The number of phenolic OH excluding ortho intramolecular Hbond substituents is 1. The van der Waals surface area contributed by atoms with Crippen LogP contribution >= 0.6 is 0 Å². The van der Waals surface area contributed by atoms with Gasteiger partial charge in [-0.05, 0) is 65.8 Å². The van der Waals surface area contributed by atoms with Crippen LogP contribution in [0, 0.1) is 0 Å². The van der Waals surface area contributed by atoms with Gasteiger partial charge in [0.15, 0.2) is 5.82 Å². The van der Waals surface area contributed by atoms with Crippen molar-refractivity contribution < 1.29 is 9.84 Å². The summed E-state index contributed by atoms with van der Waals surface area (Å²) in [6.45, 7) is 5.97. The van der Waals surface area contributed by atoms with E-state index in [2.05, 4.69) is 51.3 Å². The number of phenols is 1. The molecule has 0 unspecified atom stereocenters. The molecule has 0 aliphatic carbocycles. The van der Waals surface area contributed by atoms with Crippen LogP contribution in [0.2, 0.25) is 0 Å². The number of hydrogen-bond acceptors (Lipinski definition) is 5. The molecule has 0 radical (unpaired) electrons. The maximum absolute atomic E-state index is 9.83. The SMILES string of the molecule is CCc1cc(O)ccc1-c1ccc2c(-c3nc(C4=CCN(CCCOC)CC4)c[nH]3)n[nH]c2c1. The molecular formula is C27H31N5O2. The normalized spacial score (nSPS) is 14.6. The highest BCUT2D eigenvalue weighted by Gasteiger charge is 2.17. The fourth-order valence-corrected chi connectivity index (χ4v) is 4.71. The van der Waals surface area contributed by atoms with Crippen LogP contribution in [-0.4, -0.2) is 63.5 Å². The van der Waals surface area contributed by atoms with E-state index in [1.54, 1.807) is 13.2 Å². The Hall–Kier alpha value is -3.42. The molecule has 5 rings (SSSR count). The number of hydrogen-bond donors (Lipinski definition) is 3. The highest BCUT2D eigenvalue weighted by molar-refractivity contribution is 5.94. The molecule has 0 bridgehead atoms. The lowest BCUT2D eigenvalue weighted by Gasteiger charge is -2.25. The van der Waals surface area contributed by atoms with Crippen LogP contribution < -0.4 is 0 Å².